The first-order valence-electron chi connectivity index (χ1n) is 10.8. The molecule has 0 aliphatic heterocycles. The molecule has 1 N–H and O–H groups in total. The Morgan fingerprint density at radius 3 is 2.05 bits per heavy atom. The molecule has 3 aromatic rings. The molecule has 0 spiro atoms. The van der Waals surface area contributed by atoms with Crippen molar-refractivity contribution in [3.63, 3.8) is 0 Å². The van der Waals surface area contributed by atoms with Gasteiger partial charge in [0.25, 0.3) is 0 Å². The molecule has 0 saturated heterocycles. The van der Waals surface area contributed by atoms with Crippen LogP contribution in [0.25, 0.3) is 11.1 Å². The van der Waals surface area contributed by atoms with Crippen molar-refractivity contribution in [1.29, 1.82) is 0 Å². The number of aliphatic hydroxyl groups is 1. The molecule has 0 aliphatic carbocycles. The van der Waals surface area contributed by atoms with Gasteiger partial charge in [0.15, 0.2) is 9.84 Å². The van der Waals surface area contributed by atoms with Gasteiger partial charge in [-0.2, -0.15) is 30.7 Å². The summed E-state index contributed by atoms with van der Waals surface area (Å²) in [5.74, 6) is -0.709. The van der Waals surface area contributed by atoms with E-state index in [1.807, 2.05) is 0 Å². The first-order valence-corrected chi connectivity index (χ1v) is 12.7. The maximum absolute atomic E-state index is 13.9. The van der Waals surface area contributed by atoms with Gasteiger partial charge >= 0.3 is 18.7 Å². The van der Waals surface area contributed by atoms with Gasteiger partial charge in [0.05, 0.1) is 4.90 Å². The Kier molecular flexibility index (Phi) is 8.04. The lowest BCUT2D eigenvalue weighted by molar-refractivity contribution is -0.253. The standard InChI is InChI=1S/C25H22F7NO4S/c1-23(34,25(30,31)32)33(15-16-5-3-8-20(13-16)37-24(28,29)22(26)27)19-7-4-6-18(14-19)17-9-11-21(12-10-17)38(2,35)36/h3-14,22,34H,15H2,1-2H3. The lowest BCUT2D eigenvalue weighted by Gasteiger charge is -2.40. The predicted octanol–water partition coefficient (Wildman–Crippen LogP) is 6.27. The molecule has 0 radical (unpaired) electrons. The van der Waals surface area contributed by atoms with Gasteiger partial charge in [-0.3, -0.25) is 0 Å². The zero-order chi connectivity index (χ0) is 28.5. The molecule has 13 heteroatoms. The summed E-state index contributed by atoms with van der Waals surface area (Å²) in [6.07, 6.45) is -13.1. The zero-order valence-electron chi connectivity index (χ0n) is 19.9. The molecule has 0 heterocycles. The minimum Gasteiger partial charge on any atom is -0.428 e. The second kappa shape index (κ2) is 10.4. The van der Waals surface area contributed by atoms with Gasteiger partial charge in [-0.15, -0.1) is 0 Å². The van der Waals surface area contributed by atoms with Crippen LogP contribution >= 0.6 is 0 Å². The van der Waals surface area contributed by atoms with Crippen molar-refractivity contribution >= 4 is 15.5 Å². The molecule has 0 aliphatic rings. The van der Waals surface area contributed by atoms with Crippen LogP contribution in [0.1, 0.15) is 12.5 Å². The molecular formula is C25H22F7NO4S. The second-order valence-electron chi connectivity index (χ2n) is 8.56. The molecule has 3 rings (SSSR count). The maximum Gasteiger partial charge on any atom is 0.461 e. The van der Waals surface area contributed by atoms with Crippen molar-refractivity contribution in [1.82, 2.24) is 0 Å². The Labute approximate surface area is 214 Å². The Morgan fingerprint density at radius 2 is 1.50 bits per heavy atom. The van der Waals surface area contributed by atoms with Crippen molar-refractivity contribution in [3.8, 4) is 16.9 Å². The van der Waals surface area contributed by atoms with Crippen molar-refractivity contribution in [2.75, 3.05) is 11.2 Å². The van der Waals surface area contributed by atoms with Crippen LogP contribution in [-0.2, 0) is 16.4 Å². The Bertz CT molecular complexity index is 1370. The predicted molar refractivity (Wildman–Crippen MR) is 126 cm³/mol. The fourth-order valence-corrected chi connectivity index (χ4v) is 4.12. The maximum atomic E-state index is 13.9. The van der Waals surface area contributed by atoms with E-state index in [1.54, 1.807) is 6.07 Å². The largest absolute Gasteiger partial charge is 0.461 e. The number of hydrogen-bond acceptors (Lipinski definition) is 5. The molecule has 1 atom stereocenters. The highest BCUT2D eigenvalue weighted by molar-refractivity contribution is 7.90. The Hall–Kier alpha value is -3.32. The van der Waals surface area contributed by atoms with Crippen molar-refractivity contribution in [3.05, 3.63) is 78.4 Å². The van der Waals surface area contributed by atoms with Gasteiger partial charge in [0.2, 0.25) is 5.72 Å². The van der Waals surface area contributed by atoms with Gasteiger partial charge in [-0.25, -0.2) is 8.42 Å². The number of ether oxygens (including phenoxy) is 1. The SMILES string of the molecule is CC(O)(N(Cc1cccc(OC(F)(F)C(F)F)c1)c1cccc(-c2ccc(S(C)(=O)=O)cc2)c1)C(F)(F)F. The summed E-state index contributed by atoms with van der Waals surface area (Å²) < 4.78 is 121. The molecule has 0 amide bonds. The molecule has 0 bridgehead atoms. The fourth-order valence-electron chi connectivity index (χ4n) is 3.49. The van der Waals surface area contributed by atoms with Crippen LogP contribution in [-0.4, -0.2) is 44.2 Å². The number of sulfone groups is 1. The van der Waals surface area contributed by atoms with E-state index >= 15 is 0 Å². The number of halogens is 7. The van der Waals surface area contributed by atoms with Gasteiger partial charge in [0, 0.05) is 18.5 Å². The Balaban J connectivity index is 2.02. The van der Waals surface area contributed by atoms with E-state index in [-0.39, 0.29) is 16.1 Å². The summed E-state index contributed by atoms with van der Waals surface area (Å²) >= 11 is 0. The second-order valence-corrected chi connectivity index (χ2v) is 10.6. The molecule has 5 nitrogen and oxygen atoms in total. The minimum atomic E-state index is -5.17. The average molecular weight is 566 g/mol. The molecule has 38 heavy (non-hydrogen) atoms. The van der Waals surface area contributed by atoms with Crippen LogP contribution in [0.4, 0.5) is 36.4 Å². The third kappa shape index (κ3) is 6.57. The number of benzene rings is 3. The van der Waals surface area contributed by atoms with E-state index in [1.165, 1.54) is 48.5 Å². The molecule has 0 saturated carbocycles. The van der Waals surface area contributed by atoms with E-state index in [4.69, 9.17) is 0 Å². The van der Waals surface area contributed by atoms with E-state index in [0.29, 0.717) is 23.0 Å². The van der Waals surface area contributed by atoms with Crippen molar-refractivity contribution < 1.29 is 49.0 Å². The minimum absolute atomic E-state index is 0.0403. The van der Waals surface area contributed by atoms with Crippen LogP contribution < -0.4 is 9.64 Å². The normalized spacial score (nSPS) is 14.3. The van der Waals surface area contributed by atoms with Crippen LogP contribution in [0, 0.1) is 0 Å². The zero-order valence-corrected chi connectivity index (χ0v) is 20.7. The van der Waals surface area contributed by atoms with Gasteiger partial charge in [0.1, 0.15) is 5.75 Å². The third-order valence-corrected chi connectivity index (χ3v) is 6.71. The van der Waals surface area contributed by atoms with Gasteiger partial charge in [-0.05, 0) is 60.0 Å². The topological polar surface area (TPSA) is 66.8 Å². The van der Waals surface area contributed by atoms with E-state index < -0.39 is 46.6 Å². The molecule has 3 aromatic carbocycles. The van der Waals surface area contributed by atoms with E-state index in [0.717, 1.165) is 24.5 Å². The third-order valence-electron chi connectivity index (χ3n) is 5.58. The van der Waals surface area contributed by atoms with Crippen LogP contribution in [0.5, 0.6) is 5.75 Å². The first-order chi connectivity index (χ1) is 17.4. The molecule has 206 valence electrons. The van der Waals surface area contributed by atoms with Gasteiger partial charge in [-0.1, -0.05) is 36.4 Å². The van der Waals surface area contributed by atoms with Crippen molar-refractivity contribution in [2.45, 2.75) is 42.8 Å². The lowest BCUT2D eigenvalue weighted by atomic mass is 10.0. The molecular weight excluding hydrogens is 543 g/mol. The van der Waals surface area contributed by atoms with E-state index in [9.17, 15) is 44.3 Å². The molecule has 0 aromatic heterocycles. The van der Waals surface area contributed by atoms with Crippen LogP contribution in [0.3, 0.4) is 0 Å². The summed E-state index contributed by atoms with van der Waals surface area (Å²) in [5, 5.41) is 10.5. The van der Waals surface area contributed by atoms with Crippen LogP contribution in [0.2, 0.25) is 0 Å². The van der Waals surface area contributed by atoms with E-state index in [2.05, 4.69) is 4.74 Å². The summed E-state index contributed by atoms with van der Waals surface area (Å²) in [6.45, 7) is -0.174. The highest BCUT2D eigenvalue weighted by atomic mass is 32.2. The average Bonchev–Trinajstić information content (AvgIpc) is 2.81. The van der Waals surface area contributed by atoms with Crippen LogP contribution in [0.15, 0.2) is 77.7 Å². The quantitative estimate of drug-likeness (QED) is 0.245. The highest BCUT2D eigenvalue weighted by Gasteiger charge is 2.54. The molecule has 1 unspecified atom stereocenters. The van der Waals surface area contributed by atoms with Crippen molar-refractivity contribution in [2.24, 2.45) is 0 Å². The monoisotopic (exact) mass is 565 g/mol. The fraction of sp³-hybridized carbons (Fsp3) is 0.280. The lowest BCUT2D eigenvalue weighted by Crippen LogP contribution is -2.56. The number of nitrogens with zero attached hydrogens (tertiary/aromatic N) is 1. The summed E-state index contributed by atoms with van der Waals surface area (Å²) in [6, 6.07) is 15.3. The Morgan fingerprint density at radius 1 is 0.895 bits per heavy atom. The number of hydrogen-bond donors (Lipinski definition) is 1. The summed E-state index contributed by atoms with van der Waals surface area (Å²) in [7, 11) is -3.48. The molecule has 0 fully saturated rings. The summed E-state index contributed by atoms with van der Waals surface area (Å²) in [4.78, 5) is 0.602. The highest BCUT2D eigenvalue weighted by Crippen LogP contribution is 2.39. The first kappa shape index (κ1) is 29.2. The smallest absolute Gasteiger partial charge is 0.428 e. The summed E-state index contributed by atoms with van der Waals surface area (Å²) in [5.41, 5.74) is -2.77. The van der Waals surface area contributed by atoms with Gasteiger partial charge < -0.3 is 14.7 Å². The number of anilines is 1. The number of alkyl halides is 7. The number of rotatable bonds is 9.